The van der Waals surface area contributed by atoms with Gasteiger partial charge in [-0.3, -0.25) is 4.79 Å². The van der Waals surface area contributed by atoms with E-state index in [9.17, 15) is 4.79 Å². The van der Waals surface area contributed by atoms with E-state index in [-0.39, 0.29) is 12.5 Å². The van der Waals surface area contributed by atoms with Gasteiger partial charge in [0.15, 0.2) is 5.76 Å². The van der Waals surface area contributed by atoms with Gasteiger partial charge in [0.2, 0.25) is 0 Å². The number of nitrogens with zero attached hydrogens (tertiary/aromatic N) is 3. The van der Waals surface area contributed by atoms with Crippen LogP contribution < -0.4 is 5.32 Å². The lowest BCUT2D eigenvalue weighted by atomic mass is 10.2. The predicted molar refractivity (Wildman–Crippen MR) is 90.4 cm³/mol. The Kier molecular flexibility index (Phi) is 4.66. The Morgan fingerprint density at radius 1 is 1.33 bits per heavy atom. The molecule has 0 spiro atoms. The molecule has 3 aromatic rings. The minimum Gasteiger partial charge on any atom is -0.359 e. The summed E-state index contributed by atoms with van der Waals surface area (Å²) in [5.41, 5.74) is 2.87. The van der Waals surface area contributed by atoms with Crippen molar-refractivity contribution < 1.29 is 9.32 Å². The molecule has 24 heavy (non-hydrogen) atoms. The van der Waals surface area contributed by atoms with Crippen LogP contribution in [0, 0.1) is 6.92 Å². The maximum absolute atomic E-state index is 12.4. The van der Waals surface area contributed by atoms with Crippen LogP contribution in [0.5, 0.6) is 0 Å². The first-order valence-corrected chi connectivity index (χ1v) is 7.99. The first-order chi connectivity index (χ1) is 11.6. The molecule has 0 saturated heterocycles. The Bertz CT molecular complexity index is 852. The number of benzene rings is 1. The molecule has 124 valence electrons. The molecule has 1 amide bonds. The summed E-state index contributed by atoms with van der Waals surface area (Å²) in [5, 5.41) is 11.8. The SMILES string of the molecule is CCc1cc(CNC(=O)c2cn(-c3ccc(Cl)cc3)nc2C)on1. The molecule has 0 fully saturated rings. The summed E-state index contributed by atoms with van der Waals surface area (Å²) in [7, 11) is 0. The minimum absolute atomic E-state index is 0.206. The van der Waals surface area contributed by atoms with Gasteiger partial charge in [-0.05, 0) is 37.6 Å². The number of carbonyl (C=O) groups excluding carboxylic acids is 1. The molecule has 2 heterocycles. The van der Waals surface area contributed by atoms with Crippen LogP contribution in [0.1, 0.15) is 34.4 Å². The van der Waals surface area contributed by atoms with Gasteiger partial charge in [-0.2, -0.15) is 5.10 Å². The topological polar surface area (TPSA) is 73.0 Å². The van der Waals surface area contributed by atoms with E-state index in [1.165, 1.54) is 0 Å². The van der Waals surface area contributed by atoms with Crippen LogP contribution in [0.4, 0.5) is 0 Å². The number of nitrogens with one attached hydrogen (secondary N) is 1. The van der Waals surface area contributed by atoms with Crippen LogP contribution in [0.15, 0.2) is 41.1 Å². The normalized spacial score (nSPS) is 10.8. The number of rotatable bonds is 5. The van der Waals surface area contributed by atoms with Gasteiger partial charge in [0.05, 0.1) is 29.2 Å². The molecule has 1 N–H and O–H groups in total. The lowest BCUT2D eigenvalue weighted by Crippen LogP contribution is -2.22. The maximum atomic E-state index is 12.4. The monoisotopic (exact) mass is 344 g/mol. The van der Waals surface area contributed by atoms with Gasteiger partial charge in [0.25, 0.3) is 5.91 Å². The van der Waals surface area contributed by atoms with E-state index in [2.05, 4.69) is 15.6 Å². The average molecular weight is 345 g/mol. The highest BCUT2D eigenvalue weighted by molar-refractivity contribution is 6.30. The molecule has 0 radical (unpaired) electrons. The maximum Gasteiger partial charge on any atom is 0.255 e. The van der Waals surface area contributed by atoms with Gasteiger partial charge in [-0.15, -0.1) is 0 Å². The Labute approximate surface area is 144 Å². The number of amides is 1. The second-order valence-electron chi connectivity index (χ2n) is 5.37. The highest BCUT2D eigenvalue weighted by Gasteiger charge is 2.15. The Morgan fingerprint density at radius 3 is 2.75 bits per heavy atom. The molecule has 0 saturated carbocycles. The molecule has 3 rings (SSSR count). The first-order valence-electron chi connectivity index (χ1n) is 7.61. The zero-order valence-corrected chi connectivity index (χ0v) is 14.2. The lowest BCUT2D eigenvalue weighted by Gasteiger charge is -2.01. The molecule has 0 aliphatic heterocycles. The molecular formula is C17H17ClN4O2. The fraction of sp³-hybridized carbons (Fsp3) is 0.235. The number of hydrogen-bond donors (Lipinski definition) is 1. The van der Waals surface area contributed by atoms with Crippen molar-refractivity contribution in [2.75, 3.05) is 0 Å². The van der Waals surface area contributed by atoms with Gasteiger partial charge >= 0.3 is 0 Å². The molecule has 0 atom stereocenters. The van der Waals surface area contributed by atoms with Crippen LogP contribution in [0.2, 0.25) is 5.02 Å². The van der Waals surface area contributed by atoms with Crippen LogP contribution in [-0.2, 0) is 13.0 Å². The van der Waals surface area contributed by atoms with Gasteiger partial charge in [0.1, 0.15) is 0 Å². The van der Waals surface area contributed by atoms with E-state index in [4.69, 9.17) is 16.1 Å². The Morgan fingerprint density at radius 2 is 2.08 bits per heavy atom. The Hall–Kier alpha value is -2.60. The molecule has 6 nitrogen and oxygen atoms in total. The number of hydrogen-bond acceptors (Lipinski definition) is 4. The van der Waals surface area contributed by atoms with Crippen LogP contribution in [-0.4, -0.2) is 20.8 Å². The summed E-state index contributed by atoms with van der Waals surface area (Å²) in [5.74, 6) is 0.421. The number of aryl methyl sites for hydroxylation is 2. The lowest BCUT2D eigenvalue weighted by molar-refractivity contribution is 0.0946. The van der Waals surface area contributed by atoms with Gasteiger partial charge < -0.3 is 9.84 Å². The minimum atomic E-state index is -0.206. The van der Waals surface area contributed by atoms with Crippen molar-refractivity contribution in [1.29, 1.82) is 0 Å². The first kappa shape index (κ1) is 16.3. The van der Waals surface area contributed by atoms with Crippen molar-refractivity contribution in [3.63, 3.8) is 0 Å². The van der Waals surface area contributed by atoms with E-state index < -0.39 is 0 Å². The highest BCUT2D eigenvalue weighted by Crippen LogP contribution is 2.15. The summed E-state index contributed by atoms with van der Waals surface area (Å²) >= 11 is 5.89. The van der Waals surface area contributed by atoms with Gasteiger partial charge in [-0.25, -0.2) is 4.68 Å². The van der Waals surface area contributed by atoms with E-state index in [1.54, 1.807) is 29.9 Å². The largest absolute Gasteiger partial charge is 0.359 e. The standard InChI is InChI=1S/C17H17ClN4O2/c1-3-13-8-15(24-21-13)9-19-17(23)16-10-22(20-11(16)2)14-6-4-12(18)5-7-14/h4-8,10H,3,9H2,1-2H3,(H,19,23). The van der Waals surface area contributed by atoms with E-state index in [0.717, 1.165) is 17.8 Å². The number of halogens is 1. The van der Waals surface area contributed by atoms with E-state index in [0.29, 0.717) is 22.0 Å². The molecular weight excluding hydrogens is 328 g/mol. The summed E-state index contributed by atoms with van der Waals surface area (Å²) < 4.78 is 6.82. The molecule has 0 aliphatic carbocycles. The van der Waals surface area contributed by atoms with Crippen LogP contribution >= 0.6 is 11.6 Å². The summed E-state index contributed by atoms with van der Waals surface area (Å²) in [6.07, 6.45) is 2.50. The fourth-order valence-electron chi connectivity index (χ4n) is 2.28. The molecule has 0 bridgehead atoms. The van der Waals surface area contributed by atoms with E-state index >= 15 is 0 Å². The number of carbonyl (C=O) groups is 1. The zero-order chi connectivity index (χ0) is 17.1. The summed E-state index contributed by atoms with van der Waals surface area (Å²) in [6, 6.07) is 9.09. The zero-order valence-electron chi connectivity index (χ0n) is 13.4. The molecule has 0 aliphatic rings. The van der Waals surface area contributed by atoms with Crippen molar-refractivity contribution >= 4 is 17.5 Å². The fourth-order valence-corrected chi connectivity index (χ4v) is 2.40. The second kappa shape index (κ2) is 6.88. The van der Waals surface area contributed by atoms with Gasteiger partial charge in [0, 0.05) is 17.3 Å². The molecule has 1 aromatic carbocycles. The van der Waals surface area contributed by atoms with Gasteiger partial charge in [-0.1, -0.05) is 23.7 Å². The average Bonchev–Trinajstić information content (AvgIpc) is 3.20. The molecule has 2 aromatic heterocycles. The third kappa shape index (κ3) is 3.49. The third-order valence-electron chi connectivity index (χ3n) is 3.63. The summed E-state index contributed by atoms with van der Waals surface area (Å²) in [4.78, 5) is 12.4. The second-order valence-corrected chi connectivity index (χ2v) is 5.81. The smallest absolute Gasteiger partial charge is 0.255 e. The predicted octanol–water partition coefficient (Wildman–Crippen LogP) is 3.31. The number of aromatic nitrogens is 3. The third-order valence-corrected chi connectivity index (χ3v) is 3.88. The van der Waals surface area contributed by atoms with Crippen molar-refractivity contribution in [3.8, 4) is 5.69 Å². The summed E-state index contributed by atoms with van der Waals surface area (Å²) in [6.45, 7) is 4.08. The van der Waals surface area contributed by atoms with Crippen molar-refractivity contribution in [3.05, 3.63) is 64.3 Å². The van der Waals surface area contributed by atoms with Crippen molar-refractivity contribution in [1.82, 2.24) is 20.3 Å². The van der Waals surface area contributed by atoms with E-state index in [1.807, 2.05) is 25.1 Å². The van der Waals surface area contributed by atoms with Crippen LogP contribution in [0.3, 0.4) is 0 Å². The van der Waals surface area contributed by atoms with Crippen molar-refractivity contribution in [2.45, 2.75) is 26.8 Å². The quantitative estimate of drug-likeness (QED) is 0.770. The van der Waals surface area contributed by atoms with Crippen molar-refractivity contribution in [2.24, 2.45) is 0 Å². The highest BCUT2D eigenvalue weighted by atomic mass is 35.5. The van der Waals surface area contributed by atoms with Crippen LogP contribution in [0.25, 0.3) is 5.69 Å². The Balaban J connectivity index is 1.72. The molecule has 0 unspecified atom stereocenters. The molecule has 7 heteroatoms.